The van der Waals surface area contributed by atoms with Crippen LogP contribution in [0.1, 0.15) is 22.8 Å². The molecule has 2 aromatic carbocycles. The number of carbonyl (C=O) groups is 2. The highest BCUT2D eigenvalue weighted by Gasteiger charge is 2.11. The van der Waals surface area contributed by atoms with E-state index in [-0.39, 0.29) is 11.3 Å². The Bertz CT molecular complexity index is 848. The Morgan fingerprint density at radius 3 is 2.65 bits per heavy atom. The van der Waals surface area contributed by atoms with E-state index in [0.29, 0.717) is 28.7 Å². The number of esters is 1. The fourth-order valence-corrected chi connectivity index (χ4v) is 2.47. The Kier molecular flexibility index (Phi) is 6.63. The molecule has 0 unspecified atom stereocenters. The molecule has 0 aliphatic rings. The van der Waals surface area contributed by atoms with Gasteiger partial charge in [0.2, 0.25) is 5.91 Å². The number of nitrogens with two attached hydrogens (primary N) is 1. The van der Waals surface area contributed by atoms with Crippen molar-refractivity contribution in [3.8, 4) is 17.2 Å². The first-order valence-electron chi connectivity index (χ1n) is 7.74. The number of primary amides is 1. The van der Waals surface area contributed by atoms with Gasteiger partial charge in [-0.05, 0) is 48.9 Å². The molecule has 26 heavy (non-hydrogen) atoms. The SMILES string of the molecule is CCOc1cc(/C=C/C(=O)Oc2cccc(C(N)=O)c2)cc(Cl)c1OC. The standard InChI is InChI=1S/C19H18ClNO5/c1-3-25-16-10-12(9-15(20)18(16)24-2)7-8-17(22)26-14-6-4-5-13(11-14)19(21)23/h4-11H,3H2,1-2H3,(H2,21,23)/b8-7+. The van der Waals surface area contributed by atoms with Crippen LogP contribution in [0.25, 0.3) is 6.08 Å². The quantitative estimate of drug-likeness (QED) is 0.455. The predicted molar refractivity (Wildman–Crippen MR) is 98.8 cm³/mol. The highest BCUT2D eigenvalue weighted by molar-refractivity contribution is 6.32. The zero-order valence-corrected chi connectivity index (χ0v) is 15.1. The molecule has 7 heteroatoms. The molecular weight excluding hydrogens is 358 g/mol. The molecule has 0 atom stereocenters. The van der Waals surface area contributed by atoms with E-state index < -0.39 is 11.9 Å². The molecule has 0 aliphatic heterocycles. The first-order chi connectivity index (χ1) is 12.4. The van der Waals surface area contributed by atoms with Crippen molar-refractivity contribution in [3.05, 3.63) is 58.6 Å². The topological polar surface area (TPSA) is 87.9 Å². The van der Waals surface area contributed by atoms with Gasteiger partial charge in [-0.25, -0.2) is 4.79 Å². The molecule has 0 spiro atoms. The lowest BCUT2D eigenvalue weighted by atomic mass is 10.2. The summed E-state index contributed by atoms with van der Waals surface area (Å²) in [6.07, 6.45) is 2.78. The Morgan fingerprint density at radius 2 is 2.00 bits per heavy atom. The van der Waals surface area contributed by atoms with Crippen LogP contribution in [0.2, 0.25) is 5.02 Å². The third kappa shape index (κ3) is 5.00. The highest BCUT2D eigenvalue weighted by Crippen LogP contribution is 2.36. The van der Waals surface area contributed by atoms with E-state index in [2.05, 4.69) is 0 Å². The van der Waals surface area contributed by atoms with Crippen molar-refractivity contribution >= 4 is 29.6 Å². The second kappa shape index (κ2) is 8.92. The summed E-state index contributed by atoms with van der Waals surface area (Å²) in [5, 5.41) is 0.362. The van der Waals surface area contributed by atoms with Crippen LogP contribution in [0.4, 0.5) is 0 Å². The molecule has 0 aromatic heterocycles. The van der Waals surface area contributed by atoms with Crippen molar-refractivity contribution in [1.29, 1.82) is 0 Å². The van der Waals surface area contributed by atoms with E-state index in [1.165, 1.54) is 31.4 Å². The van der Waals surface area contributed by atoms with Crippen molar-refractivity contribution in [2.75, 3.05) is 13.7 Å². The summed E-state index contributed by atoms with van der Waals surface area (Å²) < 4.78 is 15.8. The number of benzene rings is 2. The molecule has 0 aliphatic carbocycles. The highest BCUT2D eigenvalue weighted by atomic mass is 35.5. The lowest BCUT2D eigenvalue weighted by molar-refractivity contribution is -0.128. The van der Waals surface area contributed by atoms with Crippen LogP contribution in [0.15, 0.2) is 42.5 Å². The van der Waals surface area contributed by atoms with Gasteiger partial charge in [0, 0.05) is 11.6 Å². The number of hydrogen-bond donors (Lipinski definition) is 1. The third-order valence-electron chi connectivity index (χ3n) is 3.28. The summed E-state index contributed by atoms with van der Waals surface area (Å²) in [7, 11) is 1.50. The maximum Gasteiger partial charge on any atom is 0.336 e. The Labute approximate surface area is 156 Å². The molecule has 2 aromatic rings. The van der Waals surface area contributed by atoms with Gasteiger partial charge in [0.25, 0.3) is 0 Å². The summed E-state index contributed by atoms with van der Waals surface area (Å²) in [4.78, 5) is 23.1. The maximum absolute atomic E-state index is 12.0. The van der Waals surface area contributed by atoms with Crippen LogP contribution in [-0.4, -0.2) is 25.6 Å². The first kappa shape index (κ1) is 19.3. The normalized spacial score (nSPS) is 10.6. The van der Waals surface area contributed by atoms with Gasteiger partial charge in [0.05, 0.1) is 18.7 Å². The van der Waals surface area contributed by atoms with Crippen LogP contribution >= 0.6 is 11.6 Å². The fraction of sp³-hybridized carbons (Fsp3) is 0.158. The summed E-state index contributed by atoms with van der Waals surface area (Å²) in [6, 6.07) is 9.39. The second-order valence-electron chi connectivity index (χ2n) is 5.11. The monoisotopic (exact) mass is 375 g/mol. The number of carbonyl (C=O) groups excluding carboxylic acids is 2. The van der Waals surface area contributed by atoms with Crippen molar-refractivity contribution in [2.45, 2.75) is 6.92 Å². The van der Waals surface area contributed by atoms with Crippen molar-refractivity contribution in [1.82, 2.24) is 0 Å². The molecule has 136 valence electrons. The van der Waals surface area contributed by atoms with Gasteiger partial charge in [0.15, 0.2) is 11.5 Å². The zero-order chi connectivity index (χ0) is 19.1. The number of ether oxygens (including phenoxy) is 3. The molecule has 0 saturated heterocycles. The Balaban J connectivity index is 2.15. The van der Waals surface area contributed by atoms with E-state index in [4.69, 9.17) is 31.5 Å². The van der Waals surface area contributed by atoms with E-state index in [0.717, 1.165) is 0 Å². The molecule has 6 nitrogen and oxygen atoms in total. The fourth-order valence-electron chi connectivity index (χ4n) is 2.17. The van der Waals surface area contributed by atoms with Crippen molar-refractivity contribution in [3.63, 3.8) is 0 Å². The summed E-state index contributed by atoms with van der Waals surface area (Å²) in [5.74, 6) is -0.0915. The lowest BCUT2D eigenvalue weighted by Gasteiger charge is -2.11. The van der Waals surface area contributed by atoms with E-state index in [9.17, 15) is 9.59 Å². The molecule has 2 rings (SSSR count). The van der Waals surface area contributed by atoms with E-state index in [1.807, 2.05) is 6.92 Å². The lowest BCUT2D eigenvalue weighted by Crippen LogP contribution is -2.11. The Hall–Kier alpha value is -2.99. The van der Waals surface area contributed by atoms with Gasteiger partial charge >= 0.3 is 5.97 Å². The molecule has 0 fully saturated rings. The smallest absolute Gasteiger partial charge is 0.336 e. The van der Waals surface area contributed by atoms with Crippen LogP contribution in [0.5, 0.6) is 17.2 Å². The number of rotatable bonds is 7. The van der Waals surface area contributed by atoms with Gasteiger partial charge < -0.3 is 19.9 Å². The minimum atomic E-state index is -0.614. The summed E-state index contributed by atoms with van der Waals surface area (Å²) in [5.41, 5.74) is 6.09. The minimum absolute atomic E-state index is 0.221. The molecule has 2 N–H and O–H groups in total. The molecule has 0 saturated carbocycles. The molecule has 0 radical (unpaired) electrons. The van der Waals surface area contributed by atoms with Crippen LogP contribution in [0.3, 0.4) is 0 Å². The van der Waals surface area contributed by atoms with Gasteiger partial charge in [-0.1, -0.05) is 17.7 Å². The maximum atomic E-state index is 12.0. The second-order valence-corrected chi connectivity index (χ2v) is 5.52. The number of methoxy groups -OCH3 is 1. The van der Waals surface area contributed by atoms with Gasteiger partial charge in [0.1, 0.15) is 5.75 Å². The molecule has 0 bridgehead atoms. The van der Waals surface area contributed by atoms with Crippen LogP contribution in [0, 0.1) is 0 Å². The third-order valence-corrected chi connectivity index (χ3v) is 3.57. The summed E-state index contributed by atoms with van der Waals surface area (Å²) in [6.45, 7) is 2.28. The molecule has 0 heterocycles. The number of hydrogen-bond acceptors (Lipinski definition) is 5. The molecule has 1 amide bonds. The molecular formula is C19H18ClNO5. The van der Waals surface area contributed by atoms with Crippen LogP contribution in [-0.2, 0) is 4.79 Å². The number of halogens is 1. The van der Waals surface area contributed by atoms with E-state index in [1.54, 1.807) is 24.3 Å². The first-order valence-corrected chi connectivity index (χ1v) is 8.12. The average molecular weight is 376 g/mol. The predicted octanol–water partition coefficient (Wildman–Crippen LogP) is 3.47. The van der Waals surface area contributed by atoms with Gasteiger partial charge in [-0.2, -0.15) is 0 Å². The van der Waals surface area contributed by atoms with Crippen LogP contribution < -0.4 is 19.9 Å². The Morgan fingerprint density at radius 1 is 1.23 bits per heavy atom. The largest absolute Gasteiger partial charge is 0.491 e. The summed E-state index contributed by atoms with van der Waals surface area (Å²) >= 11 is 6.16. The zero-order valence-electron chi connectivity index (χ0n) is 14.3. The minimum Gasteiger partial charge on any atom is -0.491 e. The van der Waals surface area contributed by atoms with Crippen molar-refractivity contribution < 1.29 is 23.8 Å². The average Bonchev–Trinajstić information content (AvgIpc) is 2.60. The van der Waals surface area contributed by atoms with Gasteiger partial charge in [-0.15, -0.1) is 0 Å². The number of amides is 1. The van der Waals surface area contributed by atoms with E-state index >= 15 is 0 Å². The van der Waals surface area contributed by atoms with Gasteiger partial charge in [-0.3, -0.25) is 4.79 Å². The van der Waals surface area contributed by atoms with Crippen molar-refractivity contribution in [2.24, 2.45) is 5.73 Å².